The number of ether oxygens (including phenoxy) is 1. The summed E-state index contributed by atoms with van der Waals surface area (Å²) in [5.74, 6) is -0.150. The topological polar surface area (TPSA) is 113 Å². The van der Waals surface area contributed by atoms with Crippen LogP contribution in [0.15, 0.2) is 42.9 Å². The van der Waals surface area contributed by atoms with Crippen molar-refractivity contribution < 1.29 is 23.0 Å². The second kappa shape index (κ2) is 8.59. The number of benzene rings is 1. The van der Waals surface area contributed by atoms with Gasteiger partial charge in [-0.3, -0.25) is 0 Å². The highest BCUT2D eigenvalue weighted by molar-refractivity contribution is 5.64. The third kappa shape index (κ3) is 4.90. The van der Waals surface area contributed by atoms with Crippen molar-refractivity contribution in [2.24, 2.45) is 0 Å². The van der Waals surface area contributed by atoms with Crippen molar-refractivity contribution in [3.63, 3.8) is 0 Å². The Morgan fingerprint density at radius 3 is 2.54 bits per heavy atom. The highest BCUT2D eigenvalue weighted by Gasteiger charge is 2.38. The molecule has 35 heavy (non-hydrogen) atoms. The first-order valence-corrected chi connectivity index (χ1v) is 10.5. The van der Waals surface area contributed by atoms with Gasteiger partial charge in [0, 0.05) is 23.5 Å². The van der Waals surface area contributed by atoms with E-state index >= 15 is 0 Å². The molecule has 1 aromatic carbocycles. The second-order valence-electron chi connectivity index (χ2n) is 8.51. The molecule has 0 amide bonds. The van der Waals surface area contributed by atoms with E-state index in [2.05, 4.69) is 26.5 Å². The van der Waals surface area contributed by atoms with Crippen LogP contribution < -0.4 is 10.1 Å². The summed E-state index contributed by atoms with van der Waals surface area (Å²) < 4.78 is 47.1. The number of nitrogens with one attached hydrogen (secondary N) is 1. The molecule has 0 saturated carbocycles. The lowest BCUT2D eigenvalue weighted by molar-refractivity contribution is -0.190. The van der Waals surface area contributed by atoms with E-state index in [1.165, 1.54) is 26.0 Å². The molecule has 9 nitrogen and oxygen atoms in total. The van der Waals surface area contributed by atoms with Crippen molar-refractivity contribution in [2.75, 3.05) is 5.32 Å². The van der Waals surface area contributed by atoms with Gasteiger partial charge in [0.2, 0.25) is 11.8 Å². The Balaban J connectivity index is 1.73. The first kappa shape index (κ1) is 24.0. The highest BCUT2D eigenvalue weighted by Crippen LogP contribution is 2.31. The van der Waals surface area contributed by atoms with Crippen LogP contribution in [0.1, 0.15) is 37.6 Å². The van der Waals surface area contributed by atoms with E-state index in [1.807, 2.05) is 6.92 Å². The molecule has 3 aromatic heterocycles. The van der Waals surface area contributed by atoms with Gasteiger partial charge in [-0.25, -0.2) is 4.98 Å². The van der Waals surface area contributed by atoms with Gasteiger partial charge in [-0.1, -0.05) is 0 Å². The zero-order valence-electron chi connectivity index (χ0n) is 19.3. The Morgan fingerprint density at radius 1 is 1.20 bits per heavy atom. The number of nitrogens with zero attached hydrogens (tertiary/aromatic N) is 6. The lowest BCUT2D eigenvalue weighted by atomic mass is 10.00. The van der Waals surface area contributed by atoms with Gasteiger partial charge in [0.15, 0.2) is 11.8 Å². The van der Waals surface area contributed by atoms with Crippen LogP contribution in [-0.2, 0) is 5.60 Å². The minimum Gasteiger partial charge on any atom is -0.465 e. The Bertz CT molecular complexity index is 1430. The number of fused-ring (bicyclic) bond motifs is 1. The number of nitriles is 1. The van der Waals surface area contributed by atoms with Gasteiger partial charge in [-0.15, -0.1) is 5.10 Å². The monoisotopic (exact) mass is 485 g/mol. The highest BCUT2D eigenvalue weighted by atomic mass is 19.4. The van der Waals surface area contributed by atoms with Gasteiger partial charge in [0.05, 0.1) is 28.9 Å². The van der Waals surface area contributed by atoms with Gasteiger partial charge in [-0.05, 0) is 52.0 Å². The standard InChI is InChI=1S/C23H22F3N7O2/c1-13-11-32(12-28-13)18-7-5-16(9-15(18)10-27)29-21-30-20-17(22(3,4)34)6-8-19(33(20)31-21)35-14(2)23(24,25)26/h5-9,11-12,14,34H,1-4H3,(H,29,31)/t14-/m0/s1. The summed E-state index contributed by atoms with van der Waals surface area (Å²) in [6, 6.07) is 9.91. The zero-order chi connectivity index (χ0) is 25.5. The number of imidazole rings is 1. The third-order valence-electron chi connectivity index (χ3n) is 5.23. The number of aryl methyl sites for hydroxylation is 1. The van der Waals surface area contributed by atoms with Crippen LogP contribution in [0.5, 0.6) is 5.88 Å². The molecule has 2 N–H and O–H groups in total. The summed E-state index contributed by atoms with van der Waals surface area (Å²) in [7, 11) is 0. The van der Waals surface area contributed by atoms with Crippen molar-refractivity contribution in [2.45, 2.75) is 45.6 Å². The zero-order valence-corrected chi connectivity index (χ0v) is 19.3. The molecule has 0 radical (unpaired) electrons. The molecule has 0 spiro atoms. The number of hydrogen-bond donors (Lipinski definition) is 2. The predicted octanol–water partition coefficient (Wildman–Crippen LogP) is 4.40. The summed E-state index contributed by atoms with van der Waals surface area (Å²) >= 11 is 0. The molecule has 0 aliphatic carbocycles. The van der Waals surface area contributed by atoms with Gasteiger partial charge >= 0.3 is 6.18 Å². The molecule has 4 rings (SSSR count). The summed E-state index contributed by atoms with van der Waals surface area (Å²) in [5, 5.41) is 27.4. The summed E-state index contributed by atoms with van der Waals surface area (Å²) in [5.41, 5.74) is 1.38. The fraction of sp³-hybridized carbons (Fsp3) is 0.304. The number of pyridine rings is 1. The number of alkyl halides is 3. The van der Waals surface area contributed by atoms with E-state index in [9.17, 15) is 23.5 Å². The maximum absolute atomic E-state index is 13.1. The van der Waals surface area contributed by atoms with Crippen LogP contribution in [0.2, 0.25) is 0 Å². The number of hydrogen-bond acceptors (Lipinski definition) is 7. The Hall–Kier alpha value is -4.11. The van der Waals surface area contributed by atoms with Crippen LogP contribution in [-0.4, -0.2) is 41.5 Å². The molecule has 0 aliphatic rings. The van der Waals surface area contributed by atoms with E-state index in [4.69, 9.17) is 4.74 Å². The minimum absolute atomic E-state index is 0.0429. The number of rotatable bonds is 6. The molecular weight excluding hydrogens is 463 g/mol. The third-order valence-corrected chi connectivity index (χ3v) is 5.23. The molecule has 12 heteroatoms. The number of aliphatic hydroxyl groups is 1. The SMILES string of the molecule is Cc1cn(-c2ccc(Nc3nc4c(C(C)(C)O)ccc(O[C@@H](C)C(F)(F)F)n4n3)cc2C#N)cn1. The van der Waals surface area contributed by atoms with Crippen LogP contribution in [0.4, 0.5) is 24.8 Å². The molecule has 3 heterocycles. The Morgan fingerprint density at radius 2 is 1.94 bits per heavy atom. The largest absolute Gasteiger partial charge is 0.465 e. The van der Waals surface area contributed by atoms with E-state index < -0.39 is 17.9 Å². The number of anilines is 2. The van der Waals surface area contributed by atoms with Gasteiger partial charge in [0.25, 0.3) is 0 Å². The normalized spacial score (nSPS) is 13.0. The van der Waals surface area contributed by atoms with Crippen molar-refractivity contribution in [1.29, 1.82) is 5.26 Å². The first-order valence-electron chi connectivity index (χ1n) is 10.5. The van der Waals surface area contributed by atoms with E-state index in [0.717, 1.165) is 17.1 Å². The number of halogens is 3. The van der Waals surface area contributed by atoms with Crippen LogP contribution in [0.3, 0.4) is 0 Å². The first-order chi connectivity index (χ1) is 16.4. The summed E-state index contributed by atoms with van der Waals surface area (Å²) in [6.07, 6.45) is -3.28. The molecule has 0 fully saturated rings. The Labute approximate surface area is 198 Å². The molecule has 182 valence electrons. The molecule has 4 aromatic rings. The minimum atomic E-state index is -4.58. The van der Waals surface area contributed by atoms with Gasteiger partial charge < -0.3 is 19.7 Å². The molecule has 0 unspecified atom stereocenters. The lowest BCUT2D eigenvalue weighted by Gasteiger charge is -2.21. The molecule has 1 atom stereocenters. The maximum Gasteiger partial charge on any atom is 0.425 e. The van der Waals surface area contributed by atoms with E-state index in [-0.39, 0.29) is 17.5 Å². The van der Waals surface area contributed by atoms with E-state index in [0.29, 0.717) is 22.5 Å². The Kier molecular flexibility index (Phi) is 5.90. The van der Waals surface area contributed by atoms with Crippen LogP contribution >= 0.6 is 0 Å². The average molecular weight is 485 g/mol. The smallest absolute Gasteiger partial charge is 0.425 e. The average Bonchev–Trinajstić information content (AvgIpc) is 3.38. The predicted molar refractivity (Wildman–Crippen MR) is 121 cm³/mol. The molecule has 0 aliphatic heterocycles. The lowest BCUT2D eigenvalue weighted by Crippen LogP contribution is -2.32. The van der Waals surface area contributed by atoms with Gasteiger partial charge in [-0.2, -0.15) is 27.9 Å². The quantitative estimate of drug-likeness (QED) is 0.416. The maximum atomic E-state index is 13.1. The van der Waals surface area contributed by atoms with Crippen LogP contribution in [0, 0.1) is 18.3 Å². The second-order valence-corrected chi connectivity index (χ2v) is 8.51. The fourth-order valence-corrected chi connectivity index (χ4v) is 3.42. The van der Waals surface area contributed by atoms with Crippen molar-refractivity contribution in [1.82, 2.24) is 24.1 Å². The molecule has 0 saturated heterocycles. The molecular formula is C23H22F3N7O2. The van der Waals surface area contributed by atoms with E-state index in [1.54, 1.807) is 35.3 Å². The molecule has 0 bridgehead atoms. The van der Waals surface area contributed by atoms with Gasteiger partial charge in [0.1, 0.15) is 6.07 Å². The van der Waals surface area contributed by atoms with Crippen molar-refractivity contribution in [3.8, 4) is 17.6 Å². The summed E-state index contributed by atoms with van der Waals surface area (Å²) in [4.78, 5) is 8.53. The fourth-order valence-electron chi connectivity index (χ4n) is 3.42. The summed E-state index contributed by atoms with van der Waals surface area (Å²) in [6.45, 7) is 5.78. The number of aromatic nitrogens is 5. The van der Waals surface area contributed by atoms with Crippen molar-refractivity contribution >= 4 is 17.3 Å². The van der Waals surface area contributed by atoms with Crippen LogP contribution in [0.25, 0.3) is 11.3 Å². The van der Waals surface area contributed by atoms with Crippen molar-refractivity contribution in [3.05, 3.63) is 59.7 Å².